The van der Waals surface area contributed by atoms with Crippen molar-refractivity contribution >= 4 is 15.9 Å². The lowest BCUT2D eigenvalue weighted by atomic mass is 9.89. The predicted octanol–water partition coefficient (Wildman–Crippen LogP) is 3.62. The first-order valence-corrected chi connectivity index (χ1v) is 7.81. The fourth-order valence-electron chi connectivity index (χ4n) is 2.32. The van der Waals surface area contributed by atoms with Crippen LogP contribution in [-0.2, 0) is 0 Å². The van der Waals surface area contributed by atoms with Crippen LogP contribution in [0.15, 0.2) is 53.0 Å². The van der Waals surface area contributed by atoms with Crippen molar-refractivity contribution < 1.29 is 9.84 Å². The molecule has 112 valence electrons. The van der Waals surface area contributed by atoms with Crippen LogP contribution in [0.5, 0.6) is 5.75 Å². The monoisotopic (exact) mass is 349 g/mol. The molecule has 3 nitrogen and oxygen atoms in total. The molecule has 0 fully saturated rings. The molecule has 0 aliphatic heterocycles. The third-order valence-electron chi connectivity index (χ3n) is 3.47. The first-order valence-electron chi connectivity index (χ1n) is 7.02. The van der Waals surface area contributed by atoms with Gasteiger partial charge in [0.25, 0.3) is 0 Å². The maximum Gasteiger partial charge on any atom is 0.119 e. The molecule has 0 amide bonds. The Morgan fingerprint density at radius 1 is 1.05 bits per heavy atom. The van der Waals surface area contributed by atoms with Crippen LogP contribution in [0.4, 0.5) is 0 Å². The predicted molar refractivity (Wildman–Crippen MR) is 88.5 cm³/mol. The van der Waals surface area contributed by atoms with E-state index in [-0.39, 0.29) is 5.92 Å². The van der Waals surface area contributed by atoms with Gasteiger partial charge in [0.1, 0.15) is 5.75 Å². The largest absolute Gasteiger partial charge is 0.494 e. The fourth-order valence-corrected chi connectivity index (χ4v) is 2.58. The Labute approximate surface area is 133 Å². The van der Waals surface area contributed by atoms with Crippen LogP contribution in [0, 0.1) is 0 Å². The van der Waals surface area contributed by atoms with Crippen molar-refractivity contribution in [2.75, 3.05) is 13.2 Å². The summed E-state index contributed by atoms with van der Waals surface area (Å²) in [4.78, 5) is 0. The van der Waals surface area contributed by atoms with Gasteiger partial charge in [0, 0.05) is 16.9 Å². The molecule has 0 aromatic heterocycles. The highest BCUT2D eigenvalue weighted by Gasteiger charge is 2.21. The van der Waals surface area contributed by atoms with E-state index in [2.05, 4.69) is 15.9 Å². The Kier molecular flexibility index (Phi) is 5.79. The zero-order valence-corrected chi connectivity index (χ0v) is 13.6. The van der Waals surface area contributed by atoms with E-state index in [4.69, 9.17) is 10.5 Å². The normalized spacial score (nSPS) is 13.7. The third-order valence-corrected chi connectivity index (χ3v) is 3.99. The lowest BCUT2D eigenvalue weighted by Crippen LogP contribution is -2.20. The van der Waals surface area contributed by atoms with Crippen molar-refractivity contribution in [2.45, 2.75) is 18.9 Å². The van der Waals surface area contributed by atoms with E-state index >= 15 is 0 Å². The number of halogens is 1. The Balaban J connectivity index is 2.19. The second kappa shape index (κ2) is 7.59. The number of nitrogens with two attached hydrogens (primary N) is 1. The fraction of sp³-hybridized carbons (Fsp3) is 0.294. The zero-order valence-electron chi connectivity index (χ0n) is 12.0. The molecule has 2 atom stereocenters. The van der Waals surface area contributed by atoms with Crippen LogP contribution < -0.4 is 10.5 Å². The van der Waals surface area contributed by atoms with Crippen molar-refractivity contribution in [3.05, 3.63) is 64.1 Å². The van der Waals surface area contributed by atoms with Crippen LogP contribution in [0.2, 0.25) is 0 Å². The van der Waals surface area contributed by atoms with Gasteiger partial charge in [0.2, 0.25) is 0 Å². The van der Waals surface area contributed by atoms with Crippen molar-refractivity contribution in [2.24, 2.45) is 5.73 Å². The van der Waals surface area contributed by atoms with Crippen molar-refractivity contribution in [3.63, 3.8) is 0 Å². The second-order valence-corrected chi connectivity index (χ2v) is 5.76. The Morgan fingerprint density at radius 3 is 2.14 bits per heavy atom. The lowest BCUT2D eigenvalue weighted by Gasteiger charge is -2.22. The van der Waals surface area contributed by atoms with Gasteiger partial charge in [-0.3, -0.25) is 0 Å². The van der Waals surface area contributed by atoms with Gasteiger partial charge >= 0.3 is 0 Å². The van der Waals surface area contributed by atoms with Gasteiger partial charge in [-0.15, -0.1) is 0 Å². The van der Waals surface area contributed by atoms with Gasteiger partial charge in [-0.2, -0.15) is 0 Å². The molecular formula is C17H20BrNO2. The molecule has 0 heterocycles. The number of aliphatic hydroxyl groups excluding tert-OH is 1. The molecule has 0 aliphatic rings. The van der Waals surface area contributed by atoms with Gasteiger partial charge in [0.05, 0.1) is 12.7 Å². The van der Waals surface area contributed by atoms with Gasteiger partial charge in [0.15, 0.2) is 0 Å². The standard InChI is InChI=1S/C17H20BrNO2/c1-2-21-15-9-5-13(6-10-15)17(20)16(11-19)12-3-7-14(18)8-4-12/h3-10,16-17,20H,2,11,19H2,1H3. The SMILES string of the molecule is CCOc1ccc(C(O)C(CN)c2ccc(Br)cc2)cc1. The number of ether oxygens (including phenoxy) is 1. The van der Waals surface area contributed by atoms with E-state index in [0.29, 0.717) is 13.2 Å². The molecule has 0 spiro atoms. The highest BCUT2D eigenvalue weighted by molar-refractivity contribution is 9.10. The zero-order chi connectivity index (χ0) is 15.2. The first-order chi connectivity index (χ1) is 10.2. The van der Waals surface area contributed by atoms with Crippen LogP contribution >= 0.6 is 15.9 Å². The second-order valence-electron chi connectivity index (χ2n) is 4.84. The molecule has 2 aromatic rings. The number of hydrogen-bond donors (Lipinski definition) is 2. The topological polar surface area (TPSA) is 55.5 Å². The third kappa shape index (κ3) is 4.06. The van der Waals surface area contributed by atoms with Crippen molar-refractivity contribution in [1.29, 1.82) is 0 Å². The van der Waals surface area contributed by atoms with Gasteiger partial charge < -0.3 is 15.6 Å². The summed E-state index contributed by atoms with van der Waals surface area (Å²) >= 11 is 3.41. The van der Waals surface area contributed by atoms with E-state index in [1.54, 1.807) is 0 Å². The van der Waals surface area contributed by atoms with Crippen molar-refractivity contribution in [1.82, 2.24) is 0 Å². The molecule has 4 heteroatoms. The van der Waals surface area contributed by atoms with E-state index in [1.165, 1.54) is 0 Å². The average molecular weight is 350 g/mol. The molecule has 0 saturated carbocycles. The van der Waals surface area contributed by atoms with Gasteiger partial charge in [-0.05, 0) is 42.3 Å². The van der Waals surface area contributed by atoms with Crippen LogP contribution in [0.1, 0.15) is 30.1 Å². The molecule has 2 unspecified atom stereocenters. The van der Waals surface area contributed by atoms with Crippen LogP contribution in [0.25, 0.3) is 0 Å². The van der Waals surface area contributed by atoms with E-state index in [0.717, 1.165) is 21.3 Å². The summed E-state index contributed by atoms with van der Waals surface area (Å²) in [6, 6.07) is 15.4. The summed E-state index contributed by atoms with van der Waals surface area (Å²) in [6.45, 7) is 2.96. The summed E-state index contributed by atoms with van der Waals surface area (Å²) in [5.41, 5.74) is 7.74. The number of aliphatic hydroxyl groups is 1. The quantitative estimate of drug-likeness (QED) is 0.837. The number of rotatable bonds is 6. The average Bonchev–Trinajstić information content (AvgIpc) is 2.51. The molecular weight excluding hydrogens is 330 g/mol. The van der Waals surface area contributed by atoms with Crippen LogP contribution in [0.3, 0.4) is 0 Å². The highest BCUT2D eigenvalue weighted by Crippen LogP contribution is 2.31. The summed E-state index contributed by atoms with van der Waals surface area (Å²) in [7, 11) is 0. The summed E-state index contributed by atoms with van der Waals surface area (Å²) in [5, 5.41) is 10.6. The lowest BCUT2D eigenvalue weighted by molar-refractivity contribution is 0.147. The molecule has 2 aromatic carbocycles. The Hall–Kier alpha value is -1.36. The Morgan fingerprint density at radius 2 is 1.62 bits per heavy atom. The molecule has 0 bridgehead atoms. The Bertz CT molecular complexity index is 554. The summed E-state index contributed by atoms with van der Waals surface area (Å²) in [5.74, 6) is 0.678. The highest BCUT2D eigenvalue weighted by atomic mass is 79.9. The van der Waals surface area contributed by atoms with Crippen LogP contribution in [-0.4, -0.2) is 18.3 Å². The summed E-state index contributed by atoms with van der Waals surface area (Å²) < 4.78 is 6.43. The molecule has 0 saturated heterocycles. The van der Waals surface area contributed by atoms with E-state index < -0.39 is 6.10 Å². The molecule has 21 heavy (non-hydrogen) atoms. The molecule has 0 radical (unpaired) electrons. The first kappa shape index (κ1) is 16.0. The van der Waals surface area contributed by atoms with E-state index in [1.807, 2.05) is 55.5 Å². The maximum absolute atomic E-state index is 10.6. The number of benzene rings is 2. The maximum atomic E-state index is 10.6. The number of hydrogen-bond acceptors (Lipinski definition) is 3. The molecule has 2 rings (SSSR count). The van der Waals surface area contributed by atoms with Crippen molar-refractivity contribution in [3.8, 4) is 5.75 Å². The van der Waals surface area contributed by atoms with Gasteiger partial charge in [-0.25, -0.2) is 0 Å². The minimum absolute atomic E-state index is 0.129. The molecule has 3 N–H and O–H groups in total. The van der Waals surface area contributed by atoms with E-state index in [9.17, 15) is 5.11 Å². The molecule has 0 aliphatic carbocycles. The van der Waals surface area contributed by atoms with Gasteiger partial charge in [-0.1, -0.05) is 40.2 Å². The minimum atomic E-state index is -0.633. The summed E-state index contributed by atoms with van der Waals surface area (Å²) in [6.07, 6.45) is -0.633. The minimum Gasteiger partial charge on any atom is -0.494 e. The smallest absolute Gasteiger partial charge is 0.119 e.